The maximum atomic E-state index is 9.85. The summed E-state index contributed by atoms with van der Waals surface area (Å²) < 4.78 is 0. The molecule has 56 valence electrons. The molecule has 0 radical (unpaired) electrons. The monoisotopic (exact) mass is 147 g/mol. The highest BCUT2D eigenvalue weighted by atomic mass is 16.1. The molecule has 0 bridgehead atoms. The zero-order chi connectivity index (χ0) is 8.10. The van der Waals surface area contributed by atoms with Crippen LogP contribution in [0.3, 0.4) is 0 Å². The van der Waals surface area contributed by atoms with Crippen molar-refractivity contribution in [2.24, 2.45) is 0 Å². The molecule has 2 heteroatoms. The van der Waals surface area contributed by atoms with Gasteiger partial charge in [-0.3, -0.25) is 4.98 Å². The Morgan fingerprint density at radius 2 is 2.45 bits per heavy atom. The first-order valence-corrected chi connectivity index (χ1v) is 3.45. The lowest BCUT2D eigenvalue weighted by molar-refractivity contribution is 0.568. The van der Waals surface area contributed by atoms with Gasteiger partial charge in [-0.05, 0) is 19.1 Å². The van der Waals surface area contributed by atoms with E-state index in [9.17, 15) is 4.79 Å². The smallest absolute Gasteiger partial charge is 0.120 e. The van der Waals surface area contributed by atoms with Crippen LogP contribution in [0.15, 0.2) is 24.3 Å². The van der Waals surface area contributed by atoms with Crippen LogP contribution in [-0.2, 0) is 11.2 Å². The van der Waals surface area contributed by atoms with Gasteiger partial charge >= 0.3 is 0 Å². The van der Waals surface area contributed by atoms with E-state index in [4.69, 9.17) is 0 Å². The zero-order valence-corrected chi connectivity index (χ0v) is 6.37. The lowest BCUT2D eigenvalue weighted by Gasteiger charge is -1.94. The number of pyridine rings is 1. The molecule has 0 aliphatic heterocycles. The van der Waals surface area contributed by atoms with Gasteiger partial charge in [0.1, 0.15) is 5.94 Å². The van der Waals surface area contributed by atoms with Crippen molar-refractivity contribution < 1.29 is 4.79 Å². The first-order chi connectivity index (χ1) is 5.33. The van der Waals surface area contributed by atoms with E-state index in [-0.39, 0.29) is 0 Å². The third-order valence-corrected chi connectivity index (χ3v) is 1.34. The SMILES string of the molecule is Cc1cccc(CC=C=O)n1. The molecule has 11 heavy (non-hydrogen) atoms. The van der Waals surface area contributed by atoms with Gasteiger partial charge in [0.05, 0.1) is 0 Å². The number of aromatic nitrogens is 1. The molecule has 1 aromatic heterocycles. The molecular formula is C9H9NO. The molecule has 0 spiro atoms. The minimum atomic E-state index is 0.575. The van der Waals surface area contributed by atoms with Crippen molar-refractivity contribution in [1.82, 2.24) is 4.98 Å². The summed E-state index contributed by atoms with van der Waals surface area (Å²) in [4.78, 5) is 14.1. The van der Waals surface area contributed by atoms with Gasteiger partial charge in [0, 0.05) is 23.9 Å². The Bertz CT molecular complexity index is 287. The largest absolute Gasteiger partial charge is 0.258 e. The molecular weight excluding hydrogens is 138 g/mol. The maximum Gasteiger partial charge on any atom is 0.120 e. The Balaban J connectivity index is 2.79. The van der Waals surface area contributed by atoms with E-state index in [0.29, 0.717) is 6.42 Å². The number of nitrogens with zero attached hydrogens (tertiary/aromatic N) is 1. The minimum absolute atomic E-state index is 0.575. The summed E-state index contributed by atoms with van der Waals surface area (Å²) in [5.41, 5.74) is 1.88. The topological polar surface area (TPSA) is 30.0 Å². The lowest BCUT2D eigenvalue weighted by Crippen LogP contribution is -1.88. The van der Waals surface area contributed by atoms with Crippen molar-refractivity contribution >= 4 is 5.94 Å². The second-order valence-corrected chi connectivity index (χ2v) is 2.30. The molecule has 1 rings (SSSR count). The van der Waals surface area contributed by atoms with Crippen molar-refractivity contribution in [2.75, 3.05) is 0 Å². The quantitative estimate of drug-likeness (QED) is 0.590. The summed E-state index contributed by atoms with van der Waals surface area (Å²) in [7, 11) is 0. The lowest BCUT2D eigenvalue weighted by atomic mass is 10.2. The molecule has 0 N–H and O–H groups in total. The standard InChI is InChI=1S/C9H9NO/c1-8-4-2-5-9(10-8)6-3-7-11/h2-5H,6H2,1H3. The number of hydrogen-bond acceptors (Lipinski definition) is 2. The molecule has 0 aliphatic carbocycles. The van der Waals surface area contributed by atoms with Crippen molar-refractivity contribution in [3.63, 3.8) is 0 Å². The van der Waals surface area contributed by atoms with Gasteiger partial charge in [0.2, 0.25) is 0 Å². The van der Waals surface area contributed by atoms with Crippen LogP contribution in [0.1, 0.15) is 11.4 Å². The predicted molar refractivity (Wildman–Crippen MR) is 42.9 cm³/mol. The highest BCUT2D eigenvalue weighted by molar-refractivity contribution is 5.45. The highest BCUT2D eigenvalue weighted by Crippen LogP contribution is 1.98. The van der Waals surface area contributed by atoms with Crippen molar-refractivity contribution in [2.45, 2.75) is 13.3 Å². The number of aryl methyl sites for hydroxylation is 1. The summed E-state index contributed by atoms with van der Waals surface area (Å²) in [5.74, 6) is 1.72. The number of carbonyl (C=O) groups excluding carboxylic acids is 1. The zero-order valence-electron chi connectivity index (χ0n) is 6.37. The second kappa shape index (κ2) is 3.69. The van der Waals surface area contributed by atoms with Crippen LogP contribution in [0.2, 0.25) is 0 Å². The van der Waals surface area contributed by atoms with Gasteiger partial charge < -0.3 is 0 Å². The fraction of sp³-hybridized carbons (Fsp3) is 0.222. The predicted octanol–water partition coefficient (Wildman–Crippen LogP) is 1.32. The molecule has 1 heterocycles. The van der Waals surface area contributed by atoms with Crippen molar-refractivity contribution in [3.05, 3.63) is 35.7 Å². The van der Waals surface area contributed by atoms with Crippen LogP contribution in [0.25, 0.3) is 0 Å². The average Bonchev–Trinajstić information content (AvgIpc) is 2.01. The van der Waals surface area contributed by atoms with Gasteiger partial charge in [-0.25, -0.2) is 4.79 Å². The van der Waals surface area contributed by atoms with Gasteiger partial charge in [-0.15, -0.1) is 0 Å². The number of rotatable bonds is 2. The second-order valence-electron chi connectivity index (χ2n) is 2.30. The third-order valence-electron chi connectivity index (χ3n) is 1.34. The van der Waals surface area contributed by atoms with Crippen LogP contribution < -0.4 is 0 Å². The minimum Gasteiger partial charge on any atom is -0.258 e. The summed E-state index contributed by atoms with van der Waals surface area (Å²) in [5, 5.41) is 0. The number of hydrogen-bond donors (Lipinski definition) is 0. The Morgan fingerprint density at radius 1 is 1.64 bits per heavy atom. The Hall–Kier alpha value is -1.40. The molecule has 0 saturated heterocycles. The Morgan fingerprint density at radius 3 is 3.09 bits per heavy atom. The van der Waals surface area contributed by atoms with Crippen LogP contribution in [0, 0.1) is 6.92 Å². The maximum absolute atomic E-state index is 9.85. The first kappa shape index (κ1) is 7.70. The van der Waals surface area contributed by atoms with E-state index in [2.05, 4.69) is 4.98 Å². The normalized spacial score (nSPS) is 8.82. The molecule has 0 aromatic carbocycles. The van der Waals surface area contributed by atoms with E-state index >= 15 is 0 Å². The summed E-state index contributed by atoms with van der Waals surface area (Å²) in [6, 6.07) is 5.74. The van der Waals surface area contributed by atoms with Gasteiger partial charge in [0.15, 0.2) is 0 Å². The van der Waals surface area contributed by atoms with E-state index in [1.54, 1.807) is 5.94 Å². The molecule has 0 unspecified atom stereocenters. The fourth-order valence-electron chi connectivity index (χ4n) is 0.859. The Kier molecular flexibility index (Phi) is 2.59. The van der Waals surface area contributed by atoms with E-state index in [0.717, 1.165) is 11.4 Å². The first-order valence-electron chi connectivity index (χ1n) is 3.45. The fourth-order valence-corrected chi connectivity index (χ4v) is 0.859. The van der Waals surface area contributed by atoms with E-state index < -0.39 is 0 Å². The molecule has 0 aliphatic rings. The molecule has 1 aromatic rings. The molecule has 0 saturated carbocycles. The third kappa shape index (κ3) is 2.36. The van der Waals surface area contributed by atoms with Gasteiger partial charge in [0.25, 0.3) is 0 Å². The molecule has 2 nitrogen and oxygen atoms in total. The van der Waals surface area contributed by atoms with Crippen LogP contribution in [0.5, 0.6) is 0 Å². The van der Waals surface area contributed by atoms with Gasteiger partial charge in [-0.1, -0.05) is 6.07 Å². The van der Waals surface area contributed by atoms with E-state index in [1.807, 2.05) is 25.1 Å². The summed E-state index contributed by atoms with van der Waals surface area (Å²) in [6.45, 7) is 1.92. The van der Waals surface area contributed by atoms with E-state index in [1.165, 1.54) is 6.08 Å². The Labute approximate surface area is 65.6 Å². The number of allylic oxidation sites excluding steroid dienone is 1. The summed E-state index contributed by atoms with van der Waals surface area (Å²) in [6.07, 6.45) is 2.01. The van der Waals surface area contributed by atoms with Crippen LogP contribution >= 0.6 is 0 Å². The molecule has 0 fully saturated rings. The molecule has 0 amide bonds. The van der Waals surface area contributed by atoms with Crippen molar-refractivity contribution in [1.29, 1.82) is 0 Å². The van der Waals surface area contributed by atoms with Gasteiger partial charge in [-0.2, -0.15) is 0 Å². The molecule has 0 atom stereocenters. The van der Waals surface area contributed by atoms with Crippen LogP contribution in [0.4, 0.5) is 0 Å². The highest BCUT2D eigenvalue weighted by Gasteiger charge is 1.90. The van der Waals surface area contributed by atoms with Crippen molar-refractivity contribution in [3.8, 4) is 0 Å². The average molecular weight is 147 g/mol. The summed E-state index contributed by atoms with van der Waals surface area (Å²) >= 11 is 0. The van der Waals surface area contributed by atoms with Crippen LogP contribution in [-0.4, -0.2) is 10.9 Å².